The first-order chi connectivity index (χ1) is 11.5. The van der Waals surface area contributed by atoms with Gasteiger partial charge in [-0.25, -0.2) is 4.39 Å². The summed E-state index contributed by atoms with van der Waals surface area (Å²) >= 11 is 8.49. The van der Waals surface area contributed by atoms with E-state index < -0.39 is 0 Å². The van der Waals surface area contributed by atoms with Crippen LogP contribution < -0.4 is 10.1 Å². The lowest BCUT2D eigenvalue weighted by Gasteiger charge is -2.15. The molecule has 6 heteroatoms. The lowest BCUT2D eigenvalue weighted by atomic mass is 10.1. The predicted molar refractivity (Wildman–Crippen MR) is 102 cm³/mol. The average molecular weight is 412 g/mol. The molecule has 3 nitrogen and oxygen atoms in total. The van der Waals surface area contributed by atoms with Gasteiger partial charge in [0.15, 0.2) is 0 Å². The van der Waals surface area contributed by atoms with Crippen molar-refractivity contribution in [3.05, 3.63) is 57.3 Å². The molecule has 0 heterocycles. The van der Waals surface area contributed by atoms with E-state index >= 15 is 0 Å². The second-order valence-corrected chi connectivity index (χ2v) is 6.46. The number of hydrogen-bond donors (Lipinski definition) is 1. The summed E-state index contributed by atoms with van der Waals surface area (Å²) < 4.78 is 25.8. The lowest BCUT2D eigenvalue weighted by molar-refractivity contribution is 0.298. The van der Waals surface area contributed by atoms with Crippen LogP contribution >= 0.6 is 28.1 Å². The molecule has 0 aliphatic heterocycles. The standard InChI is InChI=1S/C18H19BrFNO2S/c1-4-12-9-14(19)17(8-11(12)2)23-10-13-15(20)6-5-7-16(13)21-18(24)22-3/h5-9H,4,10H2,1-3H3,(H,21,24). The van der Waals surface area contributed by atoms with Gasteiger partial charge in [-0.1, -0.05) is 13.0 Å². The number of rotatable bonds is 5. The summed E-state index contributed by atoms with van der Waals surface area (Å²) in [4.78, 5) is 0. The zero-order valence-electron chi connectivity index (χ0n) is 13.8. The van der Waals surface area contributed by atoms with Crippen molar-refractivity contribution in [2.45, 2.75) is 26.9 Å². The van der Waals surface area contributed by atoms with Crippen molar-refractivity contribution < 1.29 is 13.9 Å². The van der Waals surface area contributed by atoms with E-state index in [0.29, 0.717) is 17.0 Å². The third-order valence-corrected chi connectivity index (χ3v) is 4.57. The topological polar surface area (TPSA) is 30.5 Å². The van der Waals surface area contributed by atoms with E-state index in [9.17, 15) is 4.39 Å². The highest BCUT2D eigenvalue weighted by Gasteiger charge is 2.12. The molecule has 2 aromatic carbocycles. The van der Waals surface area contributed by atoms with Crippen LogP contribution in [0.2, 0.25) is 0 Å². The Hall–Kier alpha value is -1.66. The molecule has 0 bridgehead atoms. The number of methoxy groups -OCH3 is 1. The zero-order valence-corrected chi connectivity index (χ0v) is 16.2. The minimum absolute atomic E-state index is 0.0743. The molecular weight excluding hydrogens is 393 g/mol. The summed E-state index contributed by atoms with van der Waals surface area (Å²) in [6, 6.07) is 8.71. The van der Waals surface area contributed by atoms with Crippen molar-refractivity contribution in [3.63, 3.8) is 0 Å². The summed E-state index contributed by atoms with van der Waals surface area (Å²) in [5.41, 5.74) is 3.30. The van der Waals surface area contributed by atoms with Gasteiger partial charge in [0.2, 0.25) is 0 Å². The van der Waals surface area contributed by atoms with Crippen LogP contribution in [-0.2, 0) is 17.8 Å². The van der Waals surface area contributed by atoms with E-state index in [-0.39, 0.29) is 17.6 Å². The molecule has 0 saturated carbocycles. The van der Waals surface area contributed by atoms with Crippen LogP contribution in [0.15, 0.2) is 34.8 Å². The van der Waals surface area contributed by atoms with Crippen molar-refractivity contribution in [2.75, 3.05) is 12.4 Å². The number of hydrogen-bond acceptors (Lipinski definition) is 3. The minimum Gasteiger partial charge on any atom is -0.488 e. The molecule has 0 aliphatic rings. The highest BCUT2D eigenvalue weighted by atomic mass is 79.9. The molecule has 0 amide bonds. The van der Waals surface area contributed by atoms with Gasteiger partial charge in [-0.3, -0.25) is 0 Å². The summed E-state index contributed by atoms with van der Waals surface area (Å²) in [6.07, 6.45) is 0.945. The summed E-state index contributed by atoms with van der Waals surface area (Å²) in [6.45, 7) is 4.21. The minimum atomic E-state index is -0.364. The van der Waals surface area contributed by atoms with E-state index in [4.69, 9.17) is 21.7 Å². The zero-order chi connectivity index (χ0) is 17.7. The number of nitrogens with one attached hydrogen (secondary N) is 1. The van der Waals surface area contributed by atoms with Gasteiger partial charge < -0.3 is 14.8 Å². The molecule has 1 N–H and O–H groups in total. The van der Waals surface area contributed by atoms with Gasteiger partial charge in [0.05, 0.1) is 17.3 Å². The number of halogens is 2. The maximum absolute atomic E-state index is 14.2. The van der Waals surface area contributed by atoms with Crippen LogP contribution in [0.1, 0.15) is 23.6 Å². The largest absolute Gasteiger partial charge is 0.488 e. The highest BCUT2D eigenvalue weighted by Crippen LogP contribution is 2.30. The Labute approximate surface area is 155 Å². The van der Waals surface area contributed by atoms with Crippen LogP contribution in [0, 0.1) is 12.7 Å². The fraction of sp³-hybridized carbons (Fsp3) is 0.278. The molecule has 24 heavy (non-hydrogen) atoms. The molecular formula is C18H19BrFNO2S. The van der Waals surface area contributed by atoms with Crippen LogP contribution in [-0.4, -0.2) is 12.3 Å². The monoisotopic (exact) mass is 411 g/mol. The predicted octanol–water partition coefficient (Wildman–Crippen LogP) is 5.38. The number of benzene rings is 2. The summed E-state index contributed by atoms with van der Waals surface area (Å²) in [7, 11) is 1.46. The Morgan fingerprint density at radius 2 is 2.08 bits per heavy atom. The molecule has 0 aliphatic carbocycles. The van der Waals surface area contributed by atoms with E-state index in [1.165, 1.54) is 18.7 Å². The van der Waals surface area contributed by atoms with Crippen molar-refractivity contribution in [2.24, 2.45) is 0 Å². The molecule has 0 saturated heterocycles. The lowest BCUT2D eigenvalue weighted by Crippen LogP contribution is -2.14. The van der Waals surface area contributed by atoms with Crippen LogP contribution in [0.5, 0.6) is 5.75 Å². The van der Waals surface area contributed by atoms with E-state index in [1.54, 1.807) is 12.1 Å². The van der Waals surface area contributed by atoms with Gasteiger partial charge in [-0.05, 0) is 76.9 Å². The Bertz CT molecular complexity index is 752. The van der Waals surface area contributed by atoms with Gasteiger partial charge >= 0.3 is 0 Å². The third kappa shape index (κ3) is 4.45. The SMILES string of the molecule is CCc1cc(Br)c(OCc2c(F)cccc2NC(=S)OC)cc1C. The molecule has 0 radical (unpaired) electrons. The van der Waals surface area contributed by atoms with Gasteiger partial charge in [-0.2, -0.15) is 0 Å². The Morgan fingerprint density at radius 3 is 2.75 bits per heavy atom. The Morgan fingerprint density at radius 1 is 1.33 bits per heavy atom. The fourth-order valence-electron chi connectivity index (χ4n) is 2.32. The van der Waals surface area contributed by atoms with Crippen molar-refractivity contribution >= 4 is 39.0 Å². The average Bonchev–Trinajstić information content (AvgIpc) is 2.56. The highest BCUT2D eigenvalue weighted by molar-refractivity contribution is 9.10. The van der Waals surface area contributed by atoms with Gasteiger partial charge in [0.1, 0.15) is 18.2 Å². The number of ether oxygens (including phenoxy) is 2. The Kier molecular flexibility index (Phi) is 6.57. The van der Waals surface area contributed by atoms with Gasteiger partial charge in [0, 0.05) is 5.56 Å². The smallest absolute Gasteiger partial charge is 0.260 e. The number of anilines is 1. The Balaban J connectivity index is 2.23. The third-order valence-electron chi connectivity index (χ3n) is 3.68. The van der Waals surface area contributed by atoms with Gasteiger partial charge in [0.25, 0.3) is 5.17 Å². The molecule has 0 spiro atoms. The van der Waals surface area contributed by atoms with E-state index in [2.05, 4.69) is 28.2 Å². The maximum Gasteiger partial charge on any atom is 0.260 e. The first kappa shape index (κ1) is 18.7. The summed E-state index contributed by atoms with van der Waals surface area (Å²) in [5.74, 6) is 0.310. The quantitative estimate of drug-likeness (QED) is 0.668. The van der Waals surface area contributed by atoms with Crippen LogP contribution in [0.3, 0.4) is 0 Å². The van der Waals surface area contributed by atoms with E-state index in [1.807, 2.05) is 19.1 Å². The molecule has 2 aromatic rings. The summed E-state index contributed by atoms with van der Waals surface area (Å²) in [5, 5.41) is 3.03. The second-order valence-electron chi connectivity index (χ2n) is 5.23. The molecule has 0 fully saturated rings. The number of aryl methyl sites for hydroxylation is 2. The molecule has 0 aromatic heterocycles. The molecule has 0 atom stereocenters. The second kappa shape index (κ2) is 8.44. The molecule has 128 valence electrons. The maximum atomic E-state index is 14.2. The fourth-order valence-corrected chi connectivity index (χ4v) is 2.94. The van der Waals surface area contributed by atoms with E-state index in [0.717, 1.165) is 16.5 Å². The van der Waals surface area contributed by atoms with Crippen molar-refractivity contribution in [1.29, 1.82) is 0 Å². The van der Waals surface area contributed by atoms with Crippen molar-refractivity contribution in [1.82, 2.24) is 0 Å². The van der Waals surface area contributed by atoms with Crippen LogP contribution in [0.4, 0.5) is 10.1 Å². The van der Waals surface area contributed by atoms with Crippen molar-refractivity contribution in [3.8, 4) is 5.75 Å². The number of thiocarbonyl (C=S) groups is 1. The first-order valence-electron chi connectivity index (χ1n) is 7.50. The molecule has 2 rings (SSSR count). The first-order valence-corrected chi connectivity index (χ1v) is 8.70. The van der Waals surface area contributed by atoms with Crippen LogP contribution in [0.25, 0.3) is 0 Å². The normalized spacial score (nSPS) is 10.4. The van der Waals surface area contributed by atoms with Gasteiger partial charge in [-0.15, -0.1) is 0 Å². The molecule has 0 unspecified atom stereocenters.